The normalized spacial score (nSPS) is 19.2. The van der Waals surface area contributed by atoms with Gasteiger partial charge in [0, 0.05) is 29.4 Å². The van der Waals surface area contributed by atoms with E-state index in [0.717, 1.165) is 16.4 Å². The van der Waals surface area contributed by atoms with Gasteiger partial charge in [-0.2, -0.15) is 13.9 Å². The molecule has 1 saturated heterocycles. The summed E-state index contributed by atoms with van der Waals surface area (Å²) in [5, 5.41) is 24.7. The summed E-state index contributed by atoms with van der Waals surface area (Å²) in [5.74, 6) is -3.35. The minimum absolute atomic E-state index is 0.0472. The van der Waals surface area contributed by atoms with Crippen LogP contribution in [0.15, 0.2) is 47.0 Å². The molecule has 1 unspecified atom stereocenters. The number of carboxylic acids is 2. The third-order valence-corrected chi connectivity index (χ3v) is 7.31. The molecular weight excluding hydrogens is 538 g/mol. The molecule has 4 rings (SSSR count). The average Bonchev–Trinajstić information content (AvgIpc) is 3.32. The van der Waals surface area contributed by atoms with Gasteiger partial charge in [-0.3, -0.25) is 14.5 Å². The van der Waals surface area contributed by atoms with E-state index in [-0.39, 0.29) is 41.0 Å². The van der Waals surface area contributed by atoms with Crippen molar-refractivity contribution in [2.75, 3.05) is 18.1 Å². The molecule has 0 aromatic carbocycles. The van der Waals surface area contributed by atoms with Crippen molar-refractivity contribution >= 4 is 64.1 Å². The number of nitrogens with one attached hydrogen (secondary N) is 1. The standard InChI is InChI=1S/C22H21N7O7S2/c1-2-36-26-13(16-25-22(23)38-27-16)17(30)24-14-18(31)29-15(21(34)35)12(10-37-19(14)29)4-3-7-28-8-5-11(6-9-28)20(32)33/h3,5-9,14,19H,2,4,10H2,1H3,(H4-,23,24,25,27,30,32,33,34,35)/p+1/t14?,19-/m0/s1. The highest BCUT2D eigenvalue weighted by molar-refractivity contribution is 8.00. The van der Waals surface area contributed by atoms with E-state index in [1.165, 1.54) is 23.9 Å². The molecule has 16 heteroatoms. The molecule has 0 spiro atoms. The molecule has 0 aliphatic carbocycles. The number of fused-ring (bicyclic) bond motifs is 1. The smallest absolute Gasteiger partial charge is 0.352 e. The highest BCUT2D eigenvalue weighted by Crippen LogP contribution is 2.41. The molecule has 2 aliphatic rings. The third-order valence-electron chi connectivity index (χ3n) is 5.43. The number of carbonyl (C=O) groups excluding carboxylic acids is 2. The van der Waals surface area contributed by atoms with E-state index in [1.54, 1.807) is 36.2 Å². The average molecular weight is 561 g/mol. The van der Waals surface area contributed by atoms with Crippen LogP contribution in [0.3, 0.4) is 0 Å². The topological polar surface area (TPSA) is 201 Å². The highest BCUT2D eigenvalue weighted by Gasteiger charge is 2.54. The Labute approximate surface area is 223 Å². The number of carbonyl (C=O) groups is 4. The molecular formula is C22H22N7O7S2+. The lowest BCUT2D eigenvalue weighted by Crippen LogP contribution is -2.71. The zero-order valence-electron chi connectivity index (χ0n) is 19.8. The van der Waals surface area contributed by atoms with Gasteiger partial charge in [-0.25, -0.2) is 9.59 Å². The summed E-state index contributed by atoms with van der Waals surface area (Å²) in [7, 11) is 0. The van der Waals surface area contributed by atoms with Crippen molar-refractivity contribution in [2.45, 2.75) is 24.8 Å². The Morgan fingerprint density at radius 1 is 1.32 bits per heavy atom. The number of aromatic nitrogens is 3. The Bertz CT molecular complexity index is 1370. The Morgan fingerprint density at radius 3 is 2.66 bits per heavy atom. The quantitative estimate of drug-likeness (QED) is 0.133. The number of hydrogen-bond donors (Lipinski definition) is 4. The van der Waals surface area contributed by atoms with Crippen LogP contribution in [0, 0.1) is 0 Å². The molecule has 0 radical (unpaired) electrons. The van der Waals surface area contributed by atoms with Gasteiger partial charge in [-0.1, -0.05) is 5.16 Å². The summed E-state index contributed by atoms with van der Waals surface area (Å²) in [6.45, 7) is 1.86. The van der Waals surface area contributed by atoms with E-state index in [1.807, 2.05) is 0 Å². The molecule has 14 nitrogen and oxygen atoms in total. The van der Waals surface area contributed by atoms with Gasteiger partial charge in [0.05, 0.1) is 5.56 Å². The molecule has 198 valence electrons. The minimum Gasteiger partial charge on any atom is -0.478 e. The van der Waals surface area contributed by atoms with E-state index in [2.05, 4.69) is 19.8 Å². The van der Waals surface area contributed by atoms with Crippen molar-refractivity contribution in [1.29, 1.82) is 0 Å². The van der Waals surface area contributed by atoms with Crippen molar-refractivity contribution in [3.8, 4) is 0 Å². The van der Waals surface area contributed by atoms with Gasteiger partial charge >= 0.3 is 11.9 Å². The van der Waals surface area contributed by atoms with Crippen molar-refractivity contribution < 1.29 is 38.8 Å². The largest absolute Gasteiger partial charge is 0.478 e. The second-order valence-electron chi connectivity index (χ2n) is 7.86. The zero-order chi connectivity index (χ0) is 27.4. The summed E-state index contributed by atoms with van der Waals surface area (Å²) in [6.07, 6.45) is 6.74. The Hall–Kier alpha value is -4.31. The fraction of sp³-hybridized carbons (Fsp3) is 0.273. The predicted molar refractivity (Wildman–Crippen MR) is 136 cm³/mol. The number of nitrogens with zero attached hydrogens (tertiary/aromatic N) is 5. The first kappa shape index (κ1) is 26.7. The third kappa shape index (κ3) is 5.50. The Balaban J connectivity index is 1.47. The highest BCUT2D eigenvalue weighted by atomic mass is 32.2. The number of allylic oxidation sites excluding steroid dienone is 1. The molecule has 1 fully saturated rings. The molecule has 2 aromatic heterocycles. The number of oxime groups is 1. The van der Waals surface area contributed by atoms with Gasteiger partial charge in [0.2, 0.25) is 11.5 Å². The Morgan fingerprint density at radius 2 is 2.05 bits per heavy atom. The molecule has 2 aliphatic heterocycles. The second-order valence-corrected chi connectivity index (χ2v) is 9.75. The van der Waals surface area contributed by atoms with Gasteiger partial charge in [0.15, 0.2) is 23.7 Å². The van der Waals surface area contributed by atoms with Crippen LogP contribution < -0.4 is 15.6 Å². The summed E-state index contributed by atoms with van der Waals surface area (Å²) in [5.41, 5.74) is 5.89. The molecule has 0 saturated carbocycles. The molecule has 5 N–H and O–H groups in total. The number of hydrogen-bond acceptors (Lipinski definition) is 11. The van der Waals surface area contributed by atoms with Crippen molar-refractivity contribution in [1.82, 2.24) is 19.6 Å². The summed E-state index contributed by atoms with van der Waals surface area (Å²) >= 11 is 2.19. The van der Waals surface area contributed by atoms with E-state index < -0.39 is 35.2 Å². The Kier molecular flexibility index (Phi) is 8.02. The first-order chi connectivity index (χ1) is 18.2. The molecule has 0 bridgehead atoms. The zero-order valence-corrected chi connectivity index (χ0v) is 21.4. The van der Waals surface area contributed by atoms with E-state index in [9.17, 15) is 24.3 Å². The number of anilines is 1. The monoisotopic (exact) mass is 560 g/mol. The van der Waals surface area contributed by atoms with Crippen molar-refractivity contribution in [3.05, 3.63) is 53.3 Å². The minimum atomic E-state index is -1.25. The van der Waals surface area contributed by atoms with Crippen LogP contribution in [-0.4, -0.2) is 77.7 Å². The van der Waals surface area contributed by atoms with E-state index in [0.29, 0.717) is 11.3 Å². The number of pyridine rings is 1. The lowest BCUT2D eigenvalue weighted by molar-refractivity contribution is -0.568. The summed E-state index contributed by atoms with van der Waals surface area (Å²) < 4.78 is 5.59. The van der Waals surface area contributed by atoms with Gasteiger partial charge in [-0.15, -0.1) is 11.8 Å². The van der Waals surface area contributed by atoms with Crippen LogP contribution in [0.2, 0.25) is 0 Å². The molecule has 38 heavy (non-hydrogen) atoms. The molecule has 2 amide bonds. The number of aromatic carboxylic acids is 1. The number of amides is 2. The van der Waals surface area contributed by atoms with Crippen LogP contribution in [0.1, 0.15) is 29.5 Å². The fourth-order valence-corrected chi connectivity index (χ4v) is 5.49. The first-order valence-electron chi connectivity index (χ1n) is 11.1. The fourth-order valence-electron chi connectivity index (χ4n) is 3.69. The van der Waals surface area contributed by atoms with Crippen LogP contribution in [0.4, 0.5) is 5.13 Å². The lowest BCUT2D eigenvalue weighted by Gasteiger charge is -2.49. The van der Waals surface area contributed by atoms with Gasteiger partial charge < -0.3 is 26.1 Å². The number of nitrogen functional groups attached to an aromatic ring is 1. The number of thioether (sulfide) groups is 1. The van der Waals surface area contributed by atoms with Gasteiger partial charge in [-0.05, 0) is 25.0 Å². The van der Waals surface area contributed by atoms with Crippen LogP contribution in [0.25, 0.3) is 6.20 Å². The van der Waals surface area contributed by atoms with Crippen LogP contribution in [-0.2, 0) is 19.2 Å². The first-order valence-corrected chi connectivity index (χ1v) is 12.9. The maximum absolute atomic E-state index is 13.0. The molecule has 2 aromatic rings. The second kappa shape index (κ2) is 11.4. The maximum atomic E-state index is 13.0. The number of nitrogens with two attached hydrogens (primary N) is 1. The number of rotatable bonds is 10. The maximum Gasteiger partial charge on any atom is 0.352 e. The number of β-lactam (4-membered cyclic amide) rings is 1. The van der Waals surface area contributed by atoms with E-state index >= 15 is 0 Å². The van der Waals surface area contributed by atoms with Gasteiger partial charge in [0.25, 0.3) is 11.8 Å². The van der Waals surface area contributed by atoms with Crippen LogP contribution >= 0.6 is 23.3 Å². The van der Waals surface area contributed by atoms with Gasteiger partial charge in [0.1, 0.15) is 23.7 Å². The SMILES string of the molecule is CCON=C(C(=O)NC1C(=O)N2C(C(=O)O)=C(CC=C[n+]3ccc(C(=O)O)cc3)CS[C@@H]12)c1nsc(N)n1. The number of carboxylic acid groups (broad SMARTS) is 2. The van der Waals surface area contributed by atoms with Crippen LogP contribution in [0.5, 0.6) is 0 Å². The molecule has 4 heterocycles. The summed E-state index contributed by atoms with van der Waals surface area (Å²) in [6, 6.07) is 1.89. The molecule has 2 atom stereocenters. The summed E-state index contributed by atoms with van der Waals surface area (Å²) in [4.78, 5) is 59.0. The van der Waals surface area contributed by atoms with Crippen molar-refractivity contribution in [2.24, 2.45) is 5.16 Å². The number of aliphatic carboxylic acids is 1. The predicted octanol–water partition coefficient (Wildman–Crippen LogP) is 0.146. The van der Waals surface area contributed by atoms with Crippen molar-refractivity contribution in [3.63, 3.8) is 0 Å². The lowest BCUT2D eigenvalue weighted by atomic mass is 10.0. The van der Waals surface area contributed by atoms with E-state index in [4.69, 9.17) is 15.7 Å².